The third kappa shape index (κ3) is 5.30. The molecule has 4 heteroatoms. The maximum Gasteiger partial charge on any atom is 0.231 e. The predicted molar refractivity (Wildman–Crippen MR) is 111 cm³/mol. The molecule has 0 amide bonds. The van der Waals surface area contributed by atoms with Crippen LogP contribution in [-0.4, -0.2) is 20.6 Å². The minimum atomic E-state index is 0.309. The first-order valence-corrected chi connectivity index (χ1v) is 8.48. The van der Waals surface area contributed by atoms with Crippen molar-refractivity contribution in [3.8, 4) is 22.6 Å². The van der Waals surface area contributed by atoms with Crippen molar-refractivity contribution in [2.24, 2.45) is 5.73 Å². The van der Waals surface area contributed by atoms with Crippen LogP contribution in [-0.2, 0) is 4.79 Å². The van der Waals surface area contributed by atoms with Crippen molar-refractivity contribution in [1.82, 2.24) is 0 Å². The number of carbonyl (C=O) groups excluding carboxylic acids is 1. The molecule has 1 aliphatic rings. The first-order valence-electron chi connectivity index (χ1n) is 8.48. The second kappa shape index (κ2) is 10.6. The Hall–Kier alpha value is -3.37. The fourth-order valence-corrected chi connectivity index (χ4v) is 2.63. The lowest BCUT2D eigenvalue weighted by Crippen LogP contribution is -1.92. The van der Waals surface area contributed by atoms with E-state index in [4.69, 9.17) is 14.3 Å². The van der Waals surface area contributed by atoms with Crippen molar-refractivity contribution in [1.29, 1.82) is 0 Å². The Kier molecular flexibility index (Phi) is 7.82. The summed E-state index contributed by atoms with van der Waals surface area (Å²) >= 11 is 0. The Bertz CT molecular complexity index is 859. The van der Waals surface area contributed by atoms with Crippen LogP contribution in [0.5, 0.6) is 11.5 Å². The molecule has 0 saturated carbocycles. The summed E-state index contributed by atoms with van der Waals surface area (Å²) in [5, 5.41) is 0. The molecule has 0 fully saturated rings. The molecule has 0 saturated heterocycles. The van der Waals surface area contributed by atoms with E-state index in [1.165, 1.54) is 23.7 Å². The fourth-order valence-electron chi connectivity index (χ4n) is 2.63. The van der Waals surface area contributed by atoms with Crippen LogP contribution in [0.25, 0.3) is 23.3 Å². The van der Waals surface area contributed by atoms with Gasteiger partial charge in [-0.1, -0.05) is 72.8 Å². The lowest BCUT2D eigenvalue weighted by atomic mass is 10.0. The topological polar surface area (TPSA) is 61.5 Å². The Balaban J connectivity index is 0.000000614. The molecule has 4 nitrogen and oxygen atoms in total. The van der Waals surface area contributed by atoms with Gasteiger partial charge in [-0.15, -0.1) is 0 Å². The van der Waals surface area contributed by atoms with E-state index in [9.17, 15) is 0 Å². The highest BCUT2D eigenvalue weighted by Crippen LogP contribution is 2.33. The van der Waals surface area contributed by atoms with E-state index in [2.05, 4.69) is 66.4 Å². The third-order valence-electron chi connectivity index (χ3n) is 3.88. The van der Waals surface area contributed by atoms with E-state index in [0.717, 1.165) is 17.1 Å². The van der Waals surface area contributed by atoms with Crippen LogP contribution < -0.4 is 15.2 Å². The zero-order chi connectivity index (χ0) is 19.5. The number of rotatable bonds is 3. The van der Waals surface area contributed by atoms with Gasteiger partial charge < -0.3 is 20.0 Å². The molecule has 1 heterocycles. The summed E-state index contributed by atoms with van der Waals surface area (Å²) < 4.78 is 10.7. The summed E-state index contributed by atoms with van der Waals surface area (Å²) in [5.41, 5.74) is 9.23. The van der Waals surface area contributed by atoms with E-state index in [-0.39, 0.29) is 0 Å². The van der Waals surface area contributed by atoms with E-state index in [1.807, 2.05) is 31.1 Å². The maximum atomic E-state index is 8.00. The number of carbonyl (C=O) groups is 1. The maximum absolute atomic E-state index is 8.00. The molecule has 0 bridgehead atoms. The predicted octanol–water partition coefficient (Wildman–Crippen LogP) is 4.64. The molecule has 2 N–H and O–H groups in total. The van der Waals surface area contributed by atoms with Crippen LogP contribution >= 0.6 is 0 Å². The number of ether oxygens (including phenoxy) is 2. The molecule has 4 rings (SSSR count). The van der Waals surface area contributed by atoms with Crippen molar-refractivity contribution >= 4 is 18.9 Å². The van der Waals surface area contributed by atoms with Crippen LogP contribution in [0.15, 0.2) is 72.8 Å². The molecule has 0 atom stereocenters. The minimum absolute atomic E-state index is 0.309. The summed E-state index contributed by atoms with van der Waals surface area (Å²) in [5.74, 6) is 1.63. The van der Waals surface area contributed by atoms with Gasteiger partial charge >= 0.3 is 0 Å². The zero-order valence-electron chi connectivity index (χ0n) is 15.3. The second-order valence-corrected chi connectivity index (χ2v) is 5.43. The molecule has 3 aromatic carbocycles. The van der Waals surface area contributed by atoms with Crippen molar-refractivity contribution < 1.29 is 14.3 Å². The van der Waals surface area contributed by atoms with Crippen LogP contribution in [0, 0.1) is 0 Å². The minimum Gasteiger partial charge on any atom is -0.454 e. The molecule has 0 unspecified atom stereocenters. The number of hydrogen-bond acceptors (Lipinski definition) is 4. The highest BCUT2D eigenvalue weighted by atomic mass is 16.7. The van der Waals surface area contributed by atoms with Gasteiger partial charge in [0.15, 0.2) is 11.5 Å². The van der Waals surface area contributed by atoms with Gasteiger partial charge in [-0.25, -0.2) is 0 Å². The lowest BCUT2D eigenvalue weighted by Gasteiger charge is -2.02. The quantitative estimate of drug-likeness (QED) is 0.690. The summed E-state index contributed by atoms with van der Waals surface area (Å²) in [4.78, 5) is 8.00. The molecule has 138 valence electrons. The lowest BCUT2D eigenvalue weighted by molar-refractivity contribution is -0.0979. The molecular weight excluding hydrogens is 338 g/mol. The number of hydrogen-bond donors (Lipinski definition) is 1. The van der Waals surface area contributed by atoms with Crippen molar-refractivity contribution in [3.63, 3.8) is 0 Å². The van der Waals surface area contributed by atoms with Gasteiger partial charge in [-0.2, -0.15) is 0 Å². The number of benzene rings is 3. The van der Waals surface area contributed by atoms with E-state index in [0.29, 0.717) is 6.79 Å². The van der Waals surface area contributed by atoms with Gasteiger partial charge in [-0.05, 0) is 41.4 Å². The van der Waals surface area contributed by atoms with Gasteiger partial charge in [0.1, 0.15) is 6.79 Å². The van der Waals surface area contributed by atoms with Gasteiger partial charge in [0, 0.05) is 0 Å². The van der Waals surface area contributed by atoms with E-state index in [1.54, 1.807) is 0 Å². The second-order valence-electron chi connectivity index (χ2n) is 5.43. The molecule has 1 aliphatic heterocycles. The molecule has 0 aromatic heterocycles. The van der Waals surface area contributed by atoms with Crippen LogP contribution in [0.2, 0.25) is 0 Å². The highest BCUT2D eigenvalue weighted by molar-refractivity contribution is 5.73. The zero-order valence-corrected chi connectivity index (χ0v) is 15.3. The monoisotopic (exact) mass is 361 g/mol. The average Bonchev–Trinajstić information content (AvgIpc) is 3.24. The Morgan fingerprint density at radius 2 is 1.30 bits per heavy atom. The fraction of sp³-hybridized carbons (Fsp3) is 0.0870. The number of nitrogens with two attached hydrogens (primary N) is 1. The molecule has 3 aromatic rings. The highest BCUT2D eigenvalue weighted by Gasteiger charge is 2.12. The van der Waals surface area contributed by atoms with Gasteiger partial charge in [0.2, 0.25) is 6.79 Å². The summed E-state index contributed by atoms with van der Waals surface area (Å²) in [6, 6.07) is 24.9. The first-order chi connectivity index (χ1) is 13.4. The van der Waals surface area contributed by atoms with E-state index < -0.39 is 0 Å². The third-order valence-corrected chi connectivity index (χ3v) is 3.88. The molecule has 27 heavy (non-hydrogen) atoms. The van der Waals surface area contributed by atoms with Crippen LogP contribution in [0.4, 0.5) is 0 Å². The van der Waals surface area contributed by atoms with Crippen LogP contribution in [0.3, 0.4) is 0 Å². The normalized spacial score (nSPS) is 11.2. The van der Waals surface area contributed by atoms with Crippen LogP contribution in [0.1, 0.15) is 11.1 Å². The summed E-state index contributed by atoms with van der Waals surface area (Å²) in [6.45, 7) is 2.31. The summed E-state index contributed by atoms with van der Waals surface area (Å²) in [7, 11) is 1.50. The standard InChI is InChI=1S/C21H16O2.CH5N.CH2O/c1-2-4-18(5-3-1)19-11-8-16(9-12-19)6-7-17-10-13-20-21(14-17)23-15-22-20;2*1-2/h1-14H,15H2;2H2,1H3;1H2/b7-6+;;. The Morgan fingerprint density at radius 3 is 2.00 bits per heavy atom. The average molecular weight is 361 g/mol. The van der Waals surface area contributed by atoms with Gasteiger partial charge in [-0.3, -0.25) is 0 Å². The SMILES string of the molecule is C(=C\c1ccc2c(c1)OCO2)/c1ccc(-c2ccccc2)cc1.C=O.CN. The van der Waals surface area contributed by atoms with Gasteiger partial charge in [0.25, 0.3) is 0 Å². The van der Waals surface area contributed by atoms with Crippen molar-refractivity contribution in [3.05, 3.63) is 83.9 Å². The molecular formula is C23H23NO3. The molecule has 0 spiro atoms. The van der Waals surface area contributed by atoms with Crippen molar-refractivity contribution in [2.75, 3.05) is 13.8 Å². The first kappa shape index (κ1) is 19.9. The van der Waals surface area contributed by atoms with E-state index >= 15 is 0 Å². The smallest absolute Gasteiger partial charge is 0.231 e. The van der Waals surface area contributed by atoms with Gasteiger partial charge in [0.05, 0.1) is 0 Å². The Morgan fingerprint density at radius 1 is 0.741 bits per heavy atom. The molecule has 0 aliphatic carbocycles. The Labute approximate surface area is 159 Å². The summed E-state index contributed by atoms with van der Waals surface area (Å²) in [6.07, 6.45) is 4.19. The van der Waals surface area contributed by atoms with Crippen molar-refractivity contribution in [2.45, 2.75) is 0 Å². The molecule has 0 radical (unpaired) electrons. The number of fused-ring (bicyclic) bond motifs is 1. The largest absolute Gasteiger partial charge is 0.454 e.